The molecule has 652 valence electrons. The number of hydrogen-bond acceptors (Lipinski definition) is 15. The van der Waals surface area contributed by atoms with Crippen LogP contribution in [-0.4, -0.2) is 236 Å². The number of unbranched alkanes of at least 4 members (excludes halogenated alkanes) is 3. The molecule has 12 amide bonds. The summed E-state index contributed by atoms with van der Waals surface area (Å²) in [6.07, 6.45) is 2.45. The zero-order valence-electron chi connectivity index (χ0n) is 71.6. The van der Waals surface area contributed by atoms with E-state index >= 15 is 38.4 Å². The van der Waals surface area contributed by atoms with E-state index in [1.54, 1.807) is 149 Å². The first kappa shape index (κ1) is 95.7. The fourth-order valence-electron chi connectivity index (χ4n) is 14.5. The molecule has 0 saturated heterocycles. The van der Waals surface area contributed by atoms with Gasteiger partial charge in [0.1, 0.15) is 45.8 Å². The minimum absolute atomic E-state index is 0.000277. The topological polar surface area (TPSA) is 345 Å². The number of rotatable bonds is 50. The third-order valence-electron chi connectivity index (χ3n) is 21.9. The maximum absolute atomic E-state index is 15.9. The van der Waals surface area contributed by atoms with Crippen molar-refractivity contribution in [3.63, 3.8) is 0 Å². The lowest BCUT2D eigenvalue weighted by atomic mass is 10.0. The zero-order chi connectivity index (χ0) is 88.6. The van der Waals surface area contributed by atoms with Gasteiger partial charge >= 0.3 is 0 Å². The van der Waals surface area contributed by atoms with Gasteiger partial charge in [-0.1, -0.05) is 243 Å². The summed E-state index contributed by atoms with van der Waals surface area (Å²) in [6, 6.07) is 69.1. The summed E-state index contributed by atoms with van der Waals surface area (Å²) in [4.78, 5) is 194. The molecule has 0 spiro atoms. The Balaban J connectivity index is 1.10. The SMILES string of the molecule is CC(=O)N(CC(=O)N(CC(=O)N(CCCCN)CC(=O)N(CC(=O)N(CC(=O)N(CCCCN)CC(=O)N(CC(=O)N(CC(=O)N(CCCCN)CC(=O)N(CC(=O)N(CC(N)=O)Cc1ccccc1)Cc1ccccc1)[C@@H](C)c1ccccc1)[C@@H](C)c1ccccc1)[C@@H](C)c1ccccc1)[C@@H](C)c1ccccc1)Cc1ccccc1)Cc1ccccc1. The number of carbonyl (C=O) groups is 12. The van der Waals surface area contributed by atoms with E-state index in [1.807, 2.05) is 121 Å². The highest BCUT2D eigenvalue weighted by atomic mass is 16.2. The maximum atomic E-state index is 15.9. The molecule has 0 saturated carbocycles. The third-order valence-corrected chi connectivity index (χ3v) is 21.9. The minimum Gasteiger partial charge on any atom is -0.368 e. The van der Waals surface area contributed by atoms with Gasteiger partial charge in [-0.05, 0) is 130 Å². The van der Waals surface area contributed by atoms with E-state index < -0.39 is 155 Å². The van der Waals surface area contributed by atoms with Crippen LogP contribution in [0.5, 0.6) is 0 Å². The second-order valence-corrected chi connectivity index (χ2v) is 30.9. The minimum atomic E-state index is -0.841. The lowest BCUT2D eigenvalue weighted by molar-refractivity contribution is -0.151. The van der Waals surface area contributed by atoms with Gasteiger partial charge in [0.05, 0.1) is 50.3 Å². The van der Waals surface area contributed by atoms with Crippen molar-refractivity contribution in [2.75, 3.05) is 111 Å². The van der Waals surface area contributed by atoms with Crippen molar-refractivity contribution < 1.29 is 57.5 Å². The van der Waals surface area contributed by atoms with E-state index in [1.165, 1.54) is 60.8 Å². The number of hydrogen-bond donors (Lipinski definition) is 4. The summed E-state index contributed by atoms with van der Waals surface area (Å²) >= 11 is 0. The van der Waals surface area contributed by atoms with Crippen LogP contribution < -0.4 is 22.9 Å². The van der Waals surface area contributed by atoms with Gasteiger partial charge in [-0.3, -0.25) is 57.5 Å². The first-order valence-electron chi connectivity index (χ1n) is 42.2. The predicted octanol–water partition coefficient (Wildman–Crippen LogP) is 8.67. The highest BCUT2D eigenvalue weighted by Crippen LogP contribution is 2.29. The van der Waals surface area contributed by atoms with Crippen molar-refractivity contribution in [3.8, 4) is 0 Å². The maximum Gasteiger partial charge on any atom is 0.243 e. The molecular weight excluding hydrogens is 1560 g/mol. The summed E-state index contributed by atoms with van der Waals surface area (Å²) in [5.74, 6) is -7.27. The summed E-state index contributed by atoms with van der Waals surface area (Å²) < 4.78 is 0. The van der Waals surface area contributed by atoms with Crippen LogP contribution >= 0.6 is 0 Å². The second-order valence-electron chi connectivity index (χ2n) is 30.9. The van der Waals surface area contributed by atoms with Crippen molar-refractivity contribution in [2.45, 2.75) is 123 Å². The summed E-state index contributed by atoms with van der Waals surface area (Å²) in [5.41, 5.74) is 29.3. The van der Waals surface area contributed by atoms with Crippen LogP contribution in [0.3, 0.4) is 0 Å². The first-order chi connectivity index (χ1) is 59.4. The van der Waals surface area contributed by atoms with E-state index in [-0.39, 0.29) is 77.9 Å². The molecule has 0 aliphatic carbocycles. The molecule has 8 aromatic carbocycles. The van der Waals surface area contributed by atoms with Crippen LogP contribution in [0.2, 0.25) is 0 Å². The van der Waals surface area contributed by atoms with Crippen LogP contribution in [0, 0.1) is 0 Å². The Kier molecular flexibility index (Phi) is 39.3. The molecule has 0 heterocycles. The fraction of sp³-hybridized carbons (Fsp3) is 0.375. The number of benzene rings is 8. The average Bonchev–Trinajstić information content (AvgIpc) is 0.818. The van der Waals surface area contributed by atoms with E-state index in [2.05, 4.69) is 0 Å². The van der Waals surface area contributed by atoms with Gasteiger partial charge in [-0.15, -0.1) is 0 Å². The van der Waals surface area contributed by atoms with Gasteiger partial charge in [0.15, 0.2) is 0 Å². The van der Waals surface area contributed by atoms with Gasteiger partial charge in [-0.2, -0.15) is 0 Å². The number of primary amides is 1. The number of nitrogens with two attached hydrogens (primary N) is 4. The largest absolute Gasteiger partial charge is 0.368 e. The van der Waals surface area contributed by atoms with Gasteiger partial charge in [0, 0.05) is 52.7 Å². The van der Waals surface area contributed by atoms with Crippen molar-refractivity contribution >= 4 is 70.9 Å². The van der Waals surface area contributed by atoms with Crippen molar-refractivity contribution in [2.24, 2.45) is 22.9 Å². The molecule has 0 bridgehead atoms. The van der Waals surface area contributed by atoms with Crippen LogP contribution in [0.4, 0.5) is 0 Å². The molecule has 27 nitrogen and oxygen atoms in total. The highest BCUT2D eigenvalue weighted by Gasteiger charge is 2.38. The van der Waals surface area contributed by atoms with E-state index in [4.69, 9.17) is 22.9 Å². The zero-order valence-corrected chi connectivity index (χ0v) is 71.6. The van der Waals surface area contributed by atoms with Crippen LogP contribution in [0.1, 0.15) is 142 Å². The van der Waals surface area contributed by atoms with Crippen LogP contribution in [0.25, 0.3) is 0 Å². The molecule has 8 aromatic rings. The lowest BCUT2D eigenvalue weighted by Gasteiger charge is -2.37. The molecule has 0 unspecified atom stereocenters. The molecule has 0 aromatic heterocycles. The van der Waals surface area contributed by atoms with E-state index in [0.717, 1.165) is 11.1 Å². The number of nitrogens with zero attached hydrogens (tertiary/aromatic N) is 11. The second kappa shape index (κ2) is 50.5. The molecule has 8 rings (SSSR count). The molecule has 0 aliphatic rings. The predicted molar refractivity (Wildman–Crippen MR) is 473 cm³/mol. The van der Waals surface area contributed by atoms with Gasteiger partial charge in [0.25, 0.3) is 0 Å². The monoisotopic (exact) mass is 1680 g/mol. The van der Waals surface area contributed by atoms with E-state index in [9.17, 15) is 19.2 Å². The van der Waals surface area contributed by atoms with Crippen molar-refractivity contribution in [1.29, 1.82) is 0 Å². The van der Waals surface area contributed by atoms with Crippen molar-refractivity contribution in [3.05, 3.63) is 287 Å². The first-order valence-corrected chi connectivity index (χ1v) is 42.2. The van der Waals surface area contributed by atoms with Gasteiger partial charge < -0.3 is 76.8 Å². The smallest absolute Gasteiger partial charge is 0.243 e. The molecule has 0 fully saturated rings. The summed E-state index contributed by atoms with van der Waals surface area (Å²) in [5, 5.41) is 0. The Morgan fingerprint density at radius 1 is 0.236 bits per heavy atom. The Morgan fingerprint density at radius 3 is 0.667 bits per heavy atom. The third kappa shape index (κ3) is 30.7. The Bertz CT molecular complexity index is 4660. The summed E-state index contributed by atoms with van der Waals surface area (Å²) in [7, 11) is 0. The normalized spacial score (nSPS) is 11.9. The Hall–Kier alpha value is -12.7. The van der Waals surface area contributed by atoms with Gasteiger partial charge in [-0.25, -0.2) is 0 Å². The number of amides is 12. The molecule has 4 atom stereocenters. The number of carbonyl (C=O) groups excluding carboxylic acids is 12. The molecule has 8 N–H and O–H groups in total. The molecular formula is C96H121N15O12. The quantitative estimate of drug-likeness (QED) is 0.0259. The highest BCUT2D eigenvalue weighted by molar-refractivity contribution is 5.95. The Morgan fingerprint density at radius 2 is 0.423 bits per heavy atom. The Labute approximate surface area is 723 Å². The standard InChI is InChI=1S/C96H121N15O12/c1-73(82-44-22-10-23-45-82)108(69-91(118)101(55-33-30-52-97)63-88(115)107(61-81-42-20-9-21-43-81)66-90(117)105(62-86(100)113)59-79-38-16-7-17-39-79)95(122)72-111(76(4)85-50-28-13-29-51-85)94(121)68-103(57-35-32-54-99)92(119)70-109(74(2)83-46-24-11-25-47-83)96(123)71-110(75(3)84-48-26-12-27-49-84)93(120)67-102(56-34-31-53-98)87(114)65-106(60-80-40-18-8-19-41-80)89(116)64-104(77(5)112)58-78-36-14-6-15-37-78/h6-29,36-51,73-76H,30-35,52-72,97-99H2,1-5H3,(H2,100,113)/t73-,74-,75-,76-/m0/s1. The average molecular weight is 1680 g/mol. The van der Waals surface area contributed by atoms with Crippen LogP contribution in [0.15, 0.2) is 243 Å². The molecule has 0 radical (unpaired) electrons. The molecule has 27 heteroatoms. The van der Waals surface area contributed by atoms with E-state index in [0.29, 0.717) is 71.9 Å². The molecule has 0 aliphatic heterocycles. The molecule has 123 heavy (non-hydrogen) atoms. The lowest BCUT2D eigenvalue weighted by Crippen LogP contribution is -2.53. The fourth-order valence-corrected chi connectivity index (χ4v) is 14.5. The van der Waals surface area contributed by atoms with Crippen LogP contribution in [-0.2, 0) is 83.7 Å². The van der Waals surface area contributed by atoms with Gasteiger partial charge in [0.2, 0.25) is 70.9 Å². The van der Waals surface area contributed by atoms with Crippen molar-refractivity contribution in [1.82, 2.24) is 53.9 Å². The summed E-state index contributed by atoms with van der Waals surface area (Å²) in [6.45, 7) is 3.54.